The quantitative estimate of drug-likeness (QED) is 0.693. The number of aldehydes is 1. The van der Waals surface area contributed by atoms with E-state index in [0.29, 0.717) is 5.56 Å². The van der Waals surface area contributed by atoms with Crippen LogP contribution in [0.3, 0.4) is 0 Å². The highest BCUT2D eigenvalue weighted by molar-refractivity contribution is 8.32. The van der Waals surface area contributed by atoms with Gasteiger partial charge in [0, 0.05) is 5.56 Å². The molecule has 0 aliphatic carbocycles. The predicted octanol–water partition coefficient (Wildman–Crippen LogP) is 3.70. The van der Waals surface area contributed by atoms with E-state index in [1.54, 1.807) is 12.1 Å². The molecule has 1 aromatic carbocycles. The number of benzene rings is 1. The molecule has 0 atom stereocenters. The van der Waals surface area contributed by atoms with Crippen LogP contribution >= 0.6 is 10.0 Å². The molecule has 2 nitrogen and oxygen atoms in total. The maximum absolute atomic E-state index is 10.5. The summed E-state index contributed by atoms with van der Waals surface area (Å²) >= 11 is 0. The van der Waals surface area contributed by atoms with E-state index in [1.807, 2.05) is 12.1 Å². The van der Waals surface area contributed by atoms with Gasteiger partial charge in [-0.2, -0.15) is 0 Å². The van der Waals surface area contributed by atoms with Crippen molar-refractivity contribution in [1.29, 1.82) is 0 Å². The second kappa shape index (κ2) is 6.70. The van der Waals surface area contributed by atoms with Crippen LogP contribution in [0.4, 0.5) is 0 Å². The molecule has 0 aliphatic heterocycles. The largest absolute Gasteiger partial charge is 0.485 e. The number of ether oxygens (including phenoxy) is 1. The van der Waals surface area contributed by atoms with Crippen LogP contribution in [0.25, 0.3) is 0 Å². The fourth-order valence-corrected chi connectivity index (χ4v) is 3.11. The Morgan fingerprint density at radius 1 is 1.24 bits per heavy atom. The van der Waals surface area contributed by atoms with E-state index in [0.717, 1.165) is 18.0 Å². The third kappa shape index (κ3) is 5.26. The Bertz CT molecular complexity index is 344. The van der Waals surface area contributed by atoms with E-state index in [4.69, 9.17) is 4.74 Å². The highest BCUT2D eigenvalue weighted by Crippen LogP contribution is 2.40. The Morgan fingerprint density at radius 3 is 2.41 bits per heavy atom. The van der Waals surface area contributed by atoms with Crippen molar-refractivity contribution in [3.05, 3.63) is 29.8 Å². The minimum atomic E-state index is -0.649. The van der Waals surface area contributed by atoms with Crippen molar-refractivity contribution in [2.24, 2.45) is 0 Å². The van der Waals surface area contributed by atoms with Gasteiger partial charge >= 0.3 is 0 Å². The molecule has 0 N–H and O–H groups in total. The Balaban J connectivity index is 2.45. The van der Waals surface area contributed by atoms with Gasteiger partial charge in [-0.1, -0.05) is 13.3 Å². The first-order chi connectivity index (χ1) is 8.07. The first kappa shape index (κ1) is 14.1. The molecule has 0 spiro atoms. The second-order valence-corrected chi connectivity index (χ2v) is 8.95. The van der Waals surface area contributed by atoms with Gasteiger partial charge in [-0.05, 0) is 49.0 Å². The van der Waals surface area contributed by atoms with Crippen molar-refractivity contribution in [1.82, 2.24) is 0 Å². The second-order valence-electron chi connectivity index (χ2n) is 4.77. The van der Waals surface area contributed by atoms with E-state index in [2.05, 4.69) is 19.4 Å². The van der Waals surface area contributed by atoms with Gasteiger partial charge in [0.15, 0.2) is 0 Å². The summed E-state index contributed by atoms with van der Waals surface area (Å²) in [5, 5.41) is 0. The van der Waals surface area contributed by atoms with Crippen LogP contribution in [0.15, 0.2) is 24.3 Å². The van der Waals surface area contributed by atoms with Crippen molar-refractivity contribution in [2.75, 3.05) is 24.2 Å². The van der Waals surface area contributed by atoms with Crippen molar-refractivity contribution < 1.29 is 9.53 Å². The number of carbonyl (C=O) groups is 1. The van der Waals surface area contributed by atoms with E-state index >= 15 is 0 Å². The average molecular weight is 254 g/mol. The first-order valence-electron chi connectivity index (χ1n) is 5.94. The van der Waals surface area contributed by atoms with Gasteiger partial charge in [-0.25, -0.2) is 10.0 Å². The summed E-state index contributed by atoms with van der Waals surface area (Å²) in [6.45, 7) is 2.22. The summed E-state index contributed by atoms with van der Waals surface area (Å²) in [5.74, 6) is 2.91. The van der Waals surface area contributed by atoms with Crippen LogP contribution < -0.4 is 4.74 Å². The van der Waals surface area contributed by atoms with Crippen LogP contribution in [0, 0.1) is 0 Å². The van der Waals surface area contributed by atoms with E-state index < -0.39 is 10.0 Å². The summed E-state index contributed by atoms with van der Waals surface area (Å²) in [4.78, 5) is 10.5. The molecule has 0 saturated carbocycles. The Hall–Kier alpha value is -0.960. The lowest BCUT2D eigenvalue weighted by atomic mass is 10.2. The zero-order valence-corrected chi connectivity index (χ0v) is 11.8. The van der Waals surface area contributed by atoms with Crippen molar-refractivity contribution >= 4 is 16.3 Å². The number of unbranched alkanes of at least 4 members (excludes halogenated alkanes) is 1. The highest BCUT2D eigenvalue weighted by atomic mass is 32.3. The van der Waals surface area contributed by atoms with Crippen LogP contribution in [0.5, 0.6) is 5.75 Å². The van der Waals surface area contributed by atoms with Gasteiger partial charge in [0.25, 0.3) is 0 Å². The zero-order chi connectivity index (χ0) is 12.7. The molecule has 0 amide bonds. The SMILES string of the molecule is CCCCS(C)(C)COc1ccc(C=O)cc1. The molecule has 17 heavy (non-hydrogen) atoms. The van der Waals surface area contributed by atoms with Crippen molar-refractivity contribution in [3.63, 3.8) is 0 Å². The van der Waals surface area contributed by atoms with Crippen LogP contribution in [0.1, 0.15) is 30.1 Å². The summed E-state index contributed by atoms with van der Waals surface area (Å²) in [6, 6.07) is 7.30. The maximum atomic E-state index is 10.5. The average Bonchev–Trinajstić information content (AvgIpc) is 2.35. The van der Waals surface area contributed by atoms with Crippen molar-refractivity contribution in [3.8, 4) is 5.75 Å². The molecule has 1 aromatic rings. The van der Waals surface area contributed by atoms with E-state index in [-0.39, 0.29) is 0 Å². The number of carbonyl (C=O) groups excluding carboxylic acids is 1. The molecule has 0 saturated heterocycles. The molecule has 0 bridgehead atoms. The van der Waals surface area contributed by atoms with E-state index in [1.165, 1.54) is 18.6 Å². The predicted molar refractivity (Wildman–Crippen MR) is 76.5 cm³/mol. The molecular weight excluding hydrogens is 232 g/mol. The Kier molecular flexibility index (Phi) is 5.56. The fourth-order valence-electron chi connectivity index (χ4n) is 1.46. The summed E-state index contributed by atoms with van der Waals surface area (Å²) < 4.78 is 5.79. The zero-order valence-electron chi connectivity index (χ0n) is 10.9. The minimum Gasteiger partial charge on any atom is -0.485 e. The van der Waals surface area contributed by atoms with Gasteiger partial charge in [0.05, 0.1) is 0 Å². The summed E-state index contributed by atoms with van der Waals surface area (Å²) in [5.41, 5.74) is 0.690. The minimum absolute atomic E-state index is 0.649. The molecule has 3 heteroatoms. The Labute approximate surface area is 106 Å². The van der Waals surface area contributed by atoms with Gasteiger partial charge < -0.3 is 4.74 Å². The van der Waals surface area contributed by atoms with Crippen molar-refractivity contribution in [2.45, 2.75) is 19.8 Å². The number of rotatable bonds is 7. The van der Waals surface area contributed by atoms with Gasteiger partial charge in [-0.3, -0.25) is 4.79 Å². The monoisotopic (exact) mass is 254 g/mol. The third-order valence-corrected chi connectivity index (χ3v) is 4.76. The van der Waals surface area contributed by atoms with Crippen LogP contribution in [-0.4, -0.2) is 30.5 Å². The highest BCUT2D eigenvalue weighted by Gasteiger charge is 2.11. The standard InChI is InChI=1S/C14H22O2S/c1-4-5-10-17(2,3)12-16-14-8-6-13(11-15)7-9-14/h6-9,11H,4-5,10,12H2,1-3H3. The van der Waals surface area contributed by atoms with Crippen LogP contribution in [0.2, 0.25) is 0 Å². The lowest BCUT2D eigenvalue weighted by Crippen LogP contribution is -2.11. The van der Waals surface area contributed by atoms with Gasteiger partial charge in [0.2, 0.25) is 0 Å². The maximum Gasteiger partial charge on any atom is 0.150 e. The summed E-state index contributed by atoms with van der Waals surface area (Å²) in [6.07, 6.45) is 7.98. The molecular formula is C14H22O2S. The Morgan fingerprint density at radius 2 is 1.88 bits per heavy atom. The number of hydrogen-bond donors (Lipinski definition) is 0. The topological polar surface area (TPSA) is 26.3 Å². The van der Waals surface area contributed by atoms with Gasteiger partial charge in [-0.15, -0.1) is 0 Å². The summed E-state index contributed by atoms with van der Waals surface area (Å²) in [7, 11) is -0.649. The lowest BCUT2D eigenvalue weighted by molar-refractivity contribution is 0.112. The molecule has 0 aliphatic rings. The fraction of sp³-hybridized carbons (Fsp3) is 0.500. The van der Waals surface area contributed by atoms with Gasteiger partial charge in [0.1, 0.15) is 18.0 Å². The third-order valence-electron chi connectivity index (χ3n) is 2.61. The smallest absolute Gasteiger partial charge is 0.150 e. The molecule has 0 fully saturated rings. The lowest BCUT2D eigenvalue weighted by Gasteiger charge is -2.30. The van der Waals surface area contributed by atoms with E-state index in [9.17, 15) is 4.79 Å². The molecule has 0 radical (unpaired) electrons. The number of hydrogen-bond acceptors (Lipinski definition) is 2. The molecule has 0 unspecified atom stereocenters. The first-order valence-corrected chi connectivity index (χ1v) is 8.73. The molecule has 96 valence electrons. The van der Waals surface area contributed by atoms with Crippen LogP contribution in [-0.2, 0) is 0 Å². The molecule has 0 aromatic heterocycles. The molecule has 1 rings (SSSR count). The molecule has 0 heterocycles. The normalized spacial score (nSPS) is 12.2.